The van der Waals surface area contributed by atoms with Crippen molar-refractivity contribution in [3.8, 4) is 11.5 Å². The third kappa shape index (κ3) is 3.16. The average molecular weight is 327 g/mol. The number of nitrogens with two attached hydrogens (primary N) is 1. The summed E-state index contributed by atoms with van der Waals surface area (Å²) in [6.07, 6.45) is -0.428. The molecule has 0 aliphatic carbocycles. The number of benzene rings is 2. The number of carbonyl (C=O) groups is 2. The summed E-state index contributed by atoms with van der Waals surface area (Å²) in [6.45, 7) is -0.220. The fourth-order valence-electron chi connectivity index (χ4n) is 2.63. The molecule has 1 aliphatic rings. The lowest BCUT2D eigenvalue weighted by atomic mass is 10.0. The van der Waals surface area contributed by atoms with Crippen LogP contribution in [0.4, 0.5) is 5.69 Å². The van der Waals surface area contributed by atoms with Crippen LogP contribution in [0.1, 0.15) is 5.56 Å². The summed E-state index contributed by atoms with van der Waals surface area (Å²) in [4.78, 5) is 25.7. The van der Waals surface area contributed by atoms with Crippen molar-refractivity contribution in [1.82, 2.24) is 5.43 Å². The van der Waals surface area contributed by atoms with E-state index >= 15 is 0 Å². The Morgan fingerprint density at radius 2 is 2.00 bits per heavy atom. The zero-order valence-electron chi connectivity index (χ0n) is 12.8. The summed E-state index contributed by atoms with van der Waals surface area (Å²) in [6, 6.07) is 13.8. The molecule has 1 unspecified atom stereocenters. The smallest absolute Gasteiger partial charge is 0.268 e. The van der Waals surface area contributed by atoms with Gasteiger partial charge in [0.25, 0.3) is 11.8 Å². The molecule has 0 bridgehead atoms. The molecule has 1 atom stereocenters. The first-order valence-corrected chi connectivity index (χ1v) is 7.43. The second-order valence-corrected chi connectivity index (χ2v) is 5.44. The third-order valence-electron chi connectivity index (χ3n) is 3.77. The second kappa shape index (κ2) is 6.59. The Labute approximate surface area is 138 Å². The largest absolute Gasteiger partial charge is 0.508 e. The number of hydrogen-bond donors (Lipinski definition) is 3. The van der Waals surface area contributed by atoms with Crippen LogP contribution in [-0.2, 0) is 16.0 Å². The van der Waals surface area contributed by atoms with Crippen LogP contribution in [-0.4, -0.2) is 29.6 Å². The van der Waals surface area contributed by atoms with Crippen LogP contribution in [0.2, 0.25) is 0 Å². The van der Waals surface area contributed by atoms with Crippen LogP contribution in [0.15, 0.2) is 48.5 Å². The number of carbonyl (C=O) groups excluding carboxylic acids is 2. The molecule has 0 spiro atoms. The first-order chi connectivity index (χ1) is 11.6. The third-order valence-corrected chi connectivity index (χ3v) is 3.77. The first-order valence-electron chi connectivity index (χ1n) is 7.43. The van der Waals surface area contributed by atoms with Crippen LogP contribution >= 0.6 is 0 Å². The summed E-state index contributed by atoms with van der Waals surface area (Å²) in [5, 5.41) is 9.66. The Balaban J connectivity index is 1.93. The lowest BCUT2D eigenvalue weighted by Crippen LogP contribution is -2.51. The van der Waals surface area contributed by atoms with E-state index in [9.17, 15) is 14.7 Å². The minimum absolute atomic E-state index is 0.0183. The predicted molar refractivity (Wildman–Crippen MR) is 87.4 cm³/mol. The summed E-state index contributed by atoms with van der Waals surface area (Å²) >= 11 is 0. The van der Waals surface area contributed by atoms with Gasteiger partial charge in [-0.2, -0.15) is 0 Å². The van der Waals surface area contributed by atoms with Crippen molar-refractivity contribution in [2.45, 2.75) is 12.5 Å². The number of aromatic hydroxyl groups is 1. The molecule has 2 aromatic carbocycles. The fraction of sp³-hybridized carbons (Fsp3) is 0.176. The lowest BCUT2D eigenvalue weighted by Gasteiger charge is -2.34. The molecule has 3 rings (SSSR count). The number of rotatable bonds is 4. The van der Waals surface area contributed by atoms with Gasteiger partial charge >= 0.3 is 0 Å². The Kier molecular flexibility index (Phi) is 4.35. The highest BCUT2D eigenvalue weighted by molar-refractivity contribution is 6.04. The molecule has 0 aromatic heterocycles. The van der Waals surface area contributed by atoms with Gasteiger partial charge in [0.15, 0.2) is 6.10 Å². The quantitative estimate of drug-likeness (QED) is 0.436. The summed E-state index contributed by atoms with van der Waals surface area (Å²) < 4.78 is 5.76. The number of anilines is 1. The molecule has 124 valence electrons. The van der Waals surface area contributed by atoms with E-state index in [0.29, 0.717) is 17.9 Å². The maximum Gasteiger partial charge on any atom is 0.268 e. The number of fused-ring (bicyclic) bond motifs is 1. The first kappa shape index (κ1) is 15.8. The monoisotopic (exact) mass is 327 g/mol. The highest BCUT2D eigenvalue weighted by Crippen LogP contribution is 2.37. The van der Waals surface area contributed by atoms with Crippen LogP contribution in [0, 0.1) is 0 Å². The normalized spacial score (nSPS) is 16.3. The predicted octanol–water partition coefficient (Wildman–Crippen LogP) is 0.719. The molecule has 0 fully saturated rings. The van der Waals surface area contributed by atoms with Crippen LogP contribution < -0.4 is 20.9 Å². The molecule has 7 heteroatoms. The van der Waals surface area contributed by atoms with Gasteiger partial charge in [0.2, 0.25) is 0 Å². The number of ether oxygens (including phenoxy) is 1. The highest BCUT2D eigenvalue weighted by atomic mass is 16.5. The van der Waals surface area contributed by atoms with E-state index < -0.39 is 12.0 Å². The number of hydrogen-bond acceptors (Lipinski definition) is 5. The Morgan fingerprint density at radius 3 is 2.71 bits per heavy atom. The molecular weight excluding hydrogens is 310 g/mol. The van der Waals surface area contributed by atoms with Gasteiger partial charge in [0.05, 0.1) is 5.69 Å². The number of nitrogens with one attached hydrogen (secondary N) is 1. The molecule has 4 N–H and O–H groups in total. The van der Waals surface area contributed by atoms with E-state index in [1.165, 1.54) is 23.1 Å². The van der Waals surface area contributed by atoms with Crippen LogP contribution in [0.25, 0.3) is 0 Å². The van der Waals surface area contributed by atoms with Crippen molar-refractivity contribution < 1.29 is 19.4 Å². The molecule has 2 aromatic rings. The minimum Gasteiger partial charge on any atom is -0.508 e. The molecule has 0 saturated heterocycles. The van der Waals surface area contributed by atoms with Crippen molar-refractivity contribution in [2.75, 3.05) is 11.4 Å². The van der Waals surface area contributed by atoms with E-state index in [4.69, 9.17) is 10.6 Å². The van der Waals surface area contributed by atoms with Crippen molar-refractivity contribution in [2.24, 2.45) is 5.84 Å². The van der Waals surface area contributed by atoms with Gasteiger partial charge in [-0.25, -0.2) is 5.84 Å². The number of amides is 2. The van der Waals surface area contributed by atoms with Gasteiger partial charge in [-0.1, -0.05) is 30.3 Å². The van der Waals surface area contributed by atoms with E-state index in [1.54, 1.807) is 0 Å². The number of phenols is 1. The number of phenolic OH excluding ortho intramolecular Hbond substituents is 1. The molecule has 0 saturated carbocycles. The SMILES string of the molecule is NNC(=O)CN1C(=O)C(Cc2ccccc2)Oc2cc(O)ccc21. The molecule has 2 amide bonds. The number of hydrazine groups is 1. The fourth-order valence-corrected chi connectivity index (χ4v) is 2.63. The summed E-state index contributed by atoms with van der Waals surface area (Å²) in [7, 11) is 0. The second-order valence-electron chi connectivity index (χ2n) is 5.44. The maximum atomic E-state index is 12.7. The van der Waals surface area contributed by atoms with Crippen LogP contribution in [0.3, 0.4) is 0 Å². The van der Waals surface area contributed by atoms with Crippen molar-refractivity contribution in [3.63, 3.8) is 0 Å². The van der Waals surface area contributed by atoms with Gasteiger partial charge in [0, 0.05) is 12.5 Å². The van der Waals surface area contributed by atoms with Gasteiger partial charge < -0.3 is 9.84 Å². The van der Waals surface area contributed by atoms with Gasteiger partial charge in [-0.3, -0.25) is 19.9 Å². The Bertz CT molecular complexity index is 764. The van der Waals surface area contributed by atoms with E-state index in [-0.39, 0.29) is 18.2 Å². The van der Waals surface area contributed by atoms with E-state index in [0.717, 1.165) is 5.56 Å². The minimum atomic E-state index is -0.785. The van der Waals surface area contributed by atoms with Gasteiger partial charge in [-0.05, 0) is 17.7 Å². The molecule has 1 heterocycles. The van der Waals surface area contributed by atoms with Crippen molar-refractivity contribution in [1.29, 1.82) is 0 Å². The molecule has 24 heavy (non-hydrogen) atoms. The van der Waals surface area contributed by atoms with Crippen LogP contribution in [0.5, 0.6) is 11.5 Å². The van der Waals surface area contributed by atoms with E-state index in [1.807, 2.05) is 35.8 Å². The highest BCUT2D eigenvalue weighted by Gasteiger charge is 2.35. The zero-order chi connectivity index (χ0) is 17.1. The summed E-state index contributed by atoms with van der Waals surface area (Å²) in [5.74, 6) is 4.66. The van der Waals surface area contributed by atoms with Crippen molar-refractivity contribution in [3.05, 3.63) is 54.1 Å². The topological polar surface area (TPSA) is 105 Å². The average Bonchev–Trinajstić information content (AvgIpc) is 2.59. The standard InChI is InChI=1S/C17H17N3O4/c18-19-16(22)10-20-13-7-6-12(21)9-14(13)24-15(17(20)23)8-11-4-2-1-3-5-11/h1-7,9,15,21H,8,10,18H2,(H,19,22). The molecule has 0 radical (unpaired) electrons. The Morgan fingerprint density at radius 1 is 1.25 bits per heavy atom. The lowest BCUT2D eigenvalue weighted by molar-refractivity contribution is -0.128. The Hall–Kier alpha value is -3.06. The van der Waals surface area contributed by atoms with Gasteiger partial charge in [0.1, 0.15) is 18.0 Å². The molecule has 7 nitrogen and oxygen atoms in total. The van der Waals surface area contributed by atoms with Crippen molar-refractivity contribution >= 4 is 17.5 Å². The molecular formula is C17H17N3O4. The summed E-state index contributed by atoms with van der Waals surface area (Å²) in [5.41, 5.74) is 3.37. The molecule has 1 aliphatic heterocycles. The van der Waals surface area contributed by atoms with Gasteiger partial charge in [-0.15, -0.1) is 0 Å². The number of nitrogens with zero attached hydrogens (tertiary/aromatic N) is 1. The van der Waals surface area contributed by atoms with E-state index in [2.05, 4.69) is 0 Å². The maximum absolute atomic E-state index is 12.7. The zero-order valence-corrected chi connectivity index (χ0v) is 12.8.